The first-order valence-electron chi connectivity index (χ1n) is 17.8. The Morgan fingerprint density at radius 3 is 2.37 bits per heavy atom. The van der Waals surface area contributed by atoms with Crippen molar-refractivity contribution in [2.24, 2.45) is 33.5 Å². The lowest BCUT2D eigenvalue weighted by molar-refractivity contribution is -0.176. The normalized spacial score (nSPS) is 40.0. The highest BCUT2D eigenvalue weighted by atomic mass is 19.4. The van der Waals surface area contributed by atoms with Crippen LogP contribution < -0.4 is 0 Å². The maximum Gasteiger partial charge on any atom is 0.416 e. The van der Waals surface area contributed by atoms with Gasteiger partial charge in [-0.2, -0.15) is 13.2 Å². The second-order valence-electron chi connectivity index (χ2n) is 16.3. The van der Waals surface area contributed by atoms with E-state index in [-0.39, 0.29) is 34.5 Å². The maximum atomic E-state index is 14.7. The Kier molecular flexibility index (Phi) is 7.33. The van der Waals surface area contributed by atoms with Gasteiger partial charge >= 0.3 is 6.18 Å². The topological polar surface area (TPSA) is 94.2 Å². The highest BCUT2D eigenvalue weighted by Gasteiger charge is 2.74. The predicted molar refractivity (Wildman–Crippen MR) is 175 cm³/mol. The van der Waals surface area contributed by atoms with Crippen LogP contribution in [0.2, 0.25) is 0 Å². The minimum atomic E-state index is -4.58. The molecule has 2 N–H and O–H groups in total. The van der Waals surface area contributed by atoms with Gasteiger partial charge in [-0.05, 0) is 86.5 Å². The molecule has 2 spiro atoms. The molecular formula is C39H45F3N2O5. The summed E-state index contributed by atoms with van der Waals surface area (Å²) in [4.78, 5) is 31.6. The largest absolute Gasteiger partial charge is 0.459 e. The first-order valence-corrected chi connectivity index (χ1v) is 17.8. The summed E-state index contributed by atoms with van der Waals surface area (Å²) in [6, 6.07) is 8.11. The molecule has 6 aliphatic carbocycles. The van der Waals surface area contributed by atoms with Crippen molar-refractivity contribution < 1.29 is 37.4 Å². The lowest BCUT2D eigenvalue weighted by Crippen LogP contribution is -2.67. The molecule has 2 heterocycles. The van der Waals surface area contributed by atoms with Gasteiger partial charge in [-0.25, -0.2) is 0 Å². The predicted octanol–water partition coefficient (Wildman–Crippen LogP) is 6.53. The molecule has 262 valence electrons. The van der Waals surface area contributed by atoms with Gasteiger partial charge in [0.2, 0.25) is 0 Å². The molecule has 1 aliphatic heterocycles. The highest BCUT2D eigenvalue weighted by molar-refractivity contribution is 6.10. The number of amides is 1. The number of β-amino-alcohol motifs (C(OH)–C–C–N with tert-alkyl or cyclic N) is 1. The Hall–Kier alpha value is -3.21. The number of Topliss-reactive ketones (excluding diaryl/α,β-unsaturated/α-hetero) is 1. The Balaban J connectivity index is 1.14. The standard InChI is InChI=1S/C39H45F3N2O5/c1-34-11-8-27(45)22-36(34)14-15-38(28(23-36)32(46)25-5-3-6-26(21-25)39(40,41)42)30(34)9-12-35(2)31(38)10-13-37(35,48)24-43-16-18-44(19-17-43)33(47)29-7-4-20-49-29/h3-7,14-15,20-21,23,27,30-31,45,48H,8-13,16-19,22,24H2,1-2H3. The maximum absolute atomic E-state index is 14.7. The van der Waals surface area contributed by atoms with Crippen LogP contribution in [0.4, 0.5) is 13.2 Å². The first kappa shape index (κ1) is 33.0. The summed E-state index contributed by atoms with van der Waals surface area (Å²) in [6.07, 6.45) is 7.52. The molecule has 1 aromatic heterocycles. The molecule has 9 rings (SSSR count). The Morgan fingerprint density at radius 1 is 0.939 bits per heavy atom. The fraction of sp³-hybridized carbons (Fsp3) is 0.590. The van der Waals surface area contributed by atoms with E-state index in [9.17, 15) is 33.0 Å². The number of furan rings is 1. The summed E-state index contributed by atoms with van der Waals surface area (Å²) < 4.78 is 46.8. The van der Waals surface area contributed by atoms with Crippen molar-refractivity contribution in [3.63, 3.8) is 0 Å². The van der Waals surface area contributed by atoms with Gasteiger partial charge in [0, 0.05) is 60.1 Å². The van der Waals surface area contributed by atoms with Gasteiger partial charge in [0.25, 0.3) is 5.91 Å². The van der Waals surface area contributed by atoms with Gasteiger partial charge in [-0.15, -0.1) is 0 Å². The van der Waals surface area contributed by atoms with E-state index in [0.717, 1.165) is 31.4 Å². The van der Waals surface area contributed by atoms with Gasteiger partial charge in [0.15, 0.2) is 11.5 Å². The number of carbonyl (C=O) groups is 2. The molecule has 7 aliphatic rings. The average molecular weight is 679 g/mol. The van der Waals surface area contributed by atoms with Gasteiger partial charge in [0.05, 0.1) is 23.5 Å². The minimum Gasteiger partial charge on any atom is -0.459 e. The third-order valence-corrected chi connectivity index (χ3v) is 14.3. The first-order chi connectivity index (χ1) is 23.2. The summed E-state index contributed by atoms with van der Waals surface area (Å²) in [5, 5.41) is 23.6. The van der Waals surface area contributed by atoms with Crippen LogP contribution in [0.15, 0.2) is 70.9 Å². The van der Waals surface area contributed by atoms with E-state index in [2.05, 4.69) is 30.9 Å². The number of fused-ring (bicyclic) bond motifs is 1. The molecule has 2 aromatic rings. The average Bonchev–Trinajstić information content (AvgIpc) is 3.71. The van der Waals surface area contributed by atoms with Crippen molar-refractivity contribution in [2.45, 2.75) is 76.7 Å². The summed E-state index contributed by atoms with van der Waals surface area (Å²) in [7, 11) is 0. The van der Waals surface area contributed by atoms with E-state index in [0.29, 0.717) is 69.7 Å². The van der Waals surface area contributed by atoms with E-state index < -0.39 is 39.7 Å². The number of hydrogen-bond acceptors (Lipinski definition) is 6. The van der Waals surface area contributed by atoms with Gasteiger partial charge in [-0.3, -0.25) is 14.5 Å². The van der Waals surface area contributed by atoms with Crippen LogP contribution in [0.25, 0.3) is 0 Å². The molecule has 1 amide bonds. The Bertz CT molecular complexity index is 1730. The Morgan fingerprint density at radius 2 is 1.65 bits per heavy atom. The molecular weight excluding hydrogens is 633 g/mol. The number of halogens is 3. The summed E-state index contributed by atoms with van der Waals surface area (Å²) >= 11 is 0. The van der Waals surface area contributed by atoms with Crippen molar-refractivity contribution in [1.82, 2.24) is 9.80 Å². The van der Waals surface area contributed by atoms with Crippen LogP contribution in [0.5, 0.6) is 0 Å². The van der Waals surface area contributed by atoms with Crippen LogP contribution in [0, 0.1) is 33.5 Å². The van der Waals surface area contributed by atoms with Gasteiger partial charge < -0.3 is 19.5 Å². The van der Waals surface area contributed by atoms with Crippen LogP contribution >= 0.6 is 0 Å². The van der Waals surface area contributed by atoms with Gasteiger partial charge in [0.1, 0.15) is 0 Å². The van der Waals surface area contributed by atoms with Crippen molar-refractivity contribution in [3.8, 4) is 0 Å². The number of allylic oxidation sites excluding steroid dienone is 4. The molecule has 2 bridgehead atoms. The smallest absolute Gasteiger partial charge is 0.416 e. The number of carbonyl (C=O) groups excluding carboxylic acids is 2. The fourth-order valence-electron chi connectivity index (χ4n) is 11.6. The molecule has 0 radical (unpaired) electrons. The summed E-state index contributed by atoms with van der Waals surface area (Å²) in [6.45, 7) is 7.18. The quantitative estimate of drug-likeness (QED) is 0.276. The molecule has 4 fully saturated rings. The molecule has 8 atom stereocenters. The molecule has 1 saturated heterocycles. The van der Waals surface area contributed by atoms with Crippen LogP contribution in [0.1, 0.15) is 85.3 Å². The highest BCUT2D eigenvalue weighted by Crippen LogP contribution is 2.78. The zero-order chi connectivity index (χ0) is 34.6. The van der Waals surface area contributed by atoms with Crippen LogP contribution in [-0.4, -0.2) is 76.1 Å². The second-order valence-corrected chi connectivity index (χ2v) is 16.3. The molecule has 10 heteroatoms. The SMILES string of the molecule is CC12CCC(O)CC13C=CC1(C(C(=O)c4cccc(C(F)(F)F)c4)=C3)C2CCC2(C)C1CCC2(O)CN1CCN(C(=O)c2ccco2)CC1. The zero-order valence-electron chi connectivity index (χ0n) is 28.1. The number of ketones is 1. The fourth-order valence-corrected chi connectivity index (χ4v) is 11.6. The van der Waals surface area contributed by atoms with Crippen molar-refractivity contribution >= 4 is 11.7 Å². The van der Waals surface area contributed by atoms with E-state index in [4.69, 9.17) is 4.42 Å². The third-order valence-electron chi connectivity index (χ3n) is 14.3. The second kappa shape index (κ2) is 10.9. The zero-order valence-corrected chi connectivity index (χ0v) is 28.1. The molecule has 8 unspecified atom stereocenters. The lowest BCUT2D eigenvalue weighted by atomic mass is 9.32. The van der Waals surface area contributed by atoms with Crippen molar-refractivity contribution in [1.29, 1.82) is 0 Å². The van der Waals surface area contributed by atoms with E-state index in [1.165, 1.54) is 18.4 Å². The van der Waals surface area contributed by atoms with Crippen molar-refractivity contribution in [3.05, 3.63) is 83.3 Å². The monoisotopic (exact) mass is 678 g/mol. The number of rotatable bonds is 5. The molecule has 1 aromatic carbocycles. The lowest BCUT2D eigenvalue weighted by Gasteiger charge is -2.71. The third kappa shape index (κ3) is 4.58. The number of benzene rings is 1. The number of hydrogen-bond donors (Lipinski definition) is 2. The number of alkyl halides is 3. The van der Waals surface area contributed by atoms with E-state index in [1.54, 1.807) is 17.0 Å². The van der Waals surface area contributed by atoms with E-state index >= 15 is 0 Å². The number of aliphatic hydroxyl groups is 2. The van der Waals surface area contributed by atoms with Crippen LogP contribution in [-0.2, 0) is 6.18 Å². The van der Waals surface area contributed by atoms with Crippen molar-refractivity contribution in [2.75, 3.05) is 32.7 Å². The molecule has 3 saturated carbocycles. The number of nitrogens with zero attached hydrogens (tertiary/aromatic N) is 2. The van der Waals surface area contributed by atoms with E-state index in [1.807, 2.05) is 6.08 Å². The minimum absolute atomic E-state index is 0.0205. The van der Waals surface area contributed by atoms with Gasteiger partial charge in [-0.1, -0.05) is 44.2 Å². The Labute approximate surface area is 284 Å². The van der Waals surface area contributed by atoms with Crippen LogP contribution in [0.3, 0.4) is 0 Å². The number of piperazine rings is 1. The number of aliphatic hydroxyl groups excluding tert-OH is 1. The molecule has 49 heavy (non-hydrogen) atoms. The summed E-state index contributed by atoms with van der Waals surface area (Å²) in [5.41, 5.74) is -3.48. The molecule has 7 nitrogen and oxygen atoms in total. The summed E-state index contributed by atoms with van der Waals surface area (Å²) in [5.74, 6) is -0.275.